The van der Waals surface area contributed by atoms with Gasteiger partial charge in [0.05, 0.1) is 6.61 Å². The highest BCUT2D eigenvalue weighted by Gasteiger charge is 2.03. The molecule has 0 radical (unpaired) electrons. The van der Waals surface area contributed by atoms with Gasteiger partial charge in [-0.1, -0.05) is 0 Å². The molecule has 1 aromatic rings. The van der Waals surface area contributed by atoms with E-state index >= 15 is 0 Å². The molecule has 0 saturated carbocycles. The molecule has 0 unspecified atom stereocenters. The summed E-state index contributed by atoms with van der Waals surface area (Å²) in [6.45, 7) is 4.13. The second kappa shape index (κ2) is 7.53. The Hall–Kier alpha value is -2.04. The summed E-state index contributed by atoms with van der Waals surface area (Å²) in [5.41, 5.74) is 0.873. The van der Waals surface area contributed by atoms with Crippen LogP contribution in [0, 0.1) is 0 Å². The topological polar surface area (TPSA) is 66.2 Å². The fraction of sp³-hybridized carbons (Fsp3) is 0.467. The van der Waals surface area contributed by atoms with Gasteiger partial charge >= 0.3 is 0 Å². The second-order valence-corrected chi connectivity index (χ2v) is 4.61. The molecule has 0 amide bonds. The molecule has 108 valence electrons. The van der Waals surface area contributed by atoms with Gasteiger partial charge in [0.2, 0.25) is 5.96 Å². The van der Waals surface area contributed by atoms with Crippen LogP contribution in [0.5, 0.6) is 11.5 Å². The van der Waals surface area contributed by atoms with Gasteiger partial charge in [0.25, 0.3) is 0 Å². The predicted octanol–water partition coefficient (Wildman–Crippen LogP) is 2.34. The minimum Gasteiger partial charge on any atom is -0.504 e. The molecular formula is C15H21N3O2. The predicted molar refractivity (Wildman–Crippen MR) is 81.0 cm³/mol. The number of guanidine groups is 1. The van der Waals surface area contributed by atoms with Crippen molar-refractivity contribution in [3.8, 4) is 11.5 Å². The highest BCUT2D eigenvalue weighted by Crippen LogP contribution is 2.26. The number of hydrogen-bond donors (Lipinski definition) is 2. The number of hydrogen-bond acceptors (Lipinski definition) is 5. The van der Waals surface area contributed by atoms with Gasteiger partial charge in [-0.25, -0.2) is 4.99 Å². The van der Waals surface area contributed by atoms with E-state index in [0.717, 1.165) is 31.5 Å². The Morgan fingerprint density at radius 2 is 2.30 bits per heavy atom. The number of phenols is 1. The number of benzene rings is 1. The largest absolute Gasteiger partial charge is 0.504 e. The third kappa shape index (κ3) is 4.26. The third-order valence-electron chi connectivity index (χ3n) is 3.00. The molecule has 0 saturated heterocycles. The summed E-state index contributed by atoms with van der Waals surface area (Å²) >= 11 is 0. The molecule has 0 bridgehead atoms. The molecule has 0 fully saturated rings. The first-order valence-electron chi connectivity index (χ1n) is 7.08. The molecule has 2 N–H and O–H groups in total. The van der Waals surface area contributed by atoms with Gasteiger partial charge in [-0.05, 0) is 49.9 Å². The van der Waals surface area contributed by atoms with Crippen LogP contribution >= 0.6 is 0 Å². The van der Waals surface area contributed by atoms with Crippen molar-refractivity contribution in [3.05, 3.63) is 23.8 Å². The quantitative estimate of drug-likeness (QED) is 0.832. The van der Waals surface area contributed by atoms with Crippen LogP contribution in [0.1, 0.15) is 31.7 Å². The number of aromatic hydroxyl groups is 1. The number of phenolic OH excluding ortho intramolecular Hbond substituents is 1. The van der Waals surface area contributed by atoms with E-state index < -0.39 is 0 Å². The van der Waals surface area contributed by atoms with Crippen molar-refractivity contribution in [1.82, 2.24) is 5.32 Å². The van der Waals surface area contributed by atoms with Crippen LogP contribution in [-0.2, 0) is 0 Å². The molecule has 5 heteroatoms. The van der Waals surface area contributed by atoms with Crippen molar-refractivity contribution in [2.24, 2.45) is 9.98 Å². The second-order valence-electron chi connectivity index (χ2n) is 4.61. The van der Waals surface area contributed by atoms with Gasteiger partial charge in [0, 0.05) is 19.3 Å². The van der Waals surface area contributed by atoms with Crippen molar-refractivity contribution in [1.29, 1.82) is 0 Å². The molecule has 1 aliphatic rings. The summed E-state index contributed by atoms with van der Waals surface area (Å²) in [4.78, 5) is 8.76. The van der Waals surface area contributed by atoms with E-state index in [1.807, 2.05) is 6.92 Å². The minimum atomic E-state index is 0.144. The summed E-state index contributed by atoms with van der Waals surface area (Å²) in [5, 5.41) is 12.9. The first kappa shape index (κ1) is 14.4. The van der Waals surface area contributed by atoms with Crippen LogP contribution in [0.4, 0.5) is 0 Å². The van der Waals surface area contributed by atoms with Crippen LogP contribution in [0.25, 0.3) is 0 Å². The summed E-state index contributed by atoms with van der Waals surface area (Å²) in [7, 11) is 0. The van der Waals surface area contributed by atoms with Crippen LogP contribution < -0.4 is 10.1 Å². The maximum atomic E-state index is 9.65. The van der Waals surface area contributed by atoms with Crippen molar-refractivity contribution in [2.45, 2.75) is 26.2 Å². The van der Waals surface area contributed by atoms with Crippen LogP contribution in [0.15, 0.2) is 28.2 Å². The van der Waals surface area contributed by atoms with Gasteiger partial charge in [0.1, 0.15) is 0 Å². The molecule has 0 spiro atoms. The molecule has 0 atom stereocenters. The number of rotatable bonds is 3. The molecular weight excluding hydrogens is 254 g/mol. The summed E-state index contributed by atoms with van der Waals surface area (Å²) in [6, 6.07) is 5.18. The van der Waals surface area contributed by atoms with Gasteiger partial charge in [-0.15, -0.1) is 0 Å². The number of nitrogens with one attached hydrogen (secondary N) is 1. The van der Waals surface area contributed by atoms with E-state index in [1.54, 1.807) is 24.4 Å². The fourth-order valence-corrected chi connectivity index (χ4v) is 1.96. The molecule has 1 aliphatic heterocycles. The molecule has 2 rings (SSSR count). The van der Waals surface area contributed by atoms with E-state index in [4.69, 9.17) is 4.74 Å². The molecule has 1 aromatic carbocycles. The van der Waals surface area contributed by atoms with E-state index in [1.165, 1.54) is 6.42 Å². The maximum Gasteiger partial charge on any atom is 0.217 e. The highest BCUT2D eigenvalue weighted by molar-refractivity contribution is 5.93. The highest BCUT2D eigenvalue weighted by atomic mass is 16.5. The monoisotopic (exact) mass is 275 g/mol. The molecule has 1 heterocycles. The Balaban J connectivity index is 2.07. The van der Waals surface area contributed by atoms with Crippen LogP contribution in [0.3, 0.4) is 0 Å². The van der Waals surface area contributed by atoms with E-state index in [9.17, 15) is 5.11 Å². The first-order chi connectivity index (χ1) is 9.79. The van der Waals surface area contributed by atoms with Crippen LogP contribution in [0.2, 0.25) is 0 Å². The lowest BCUT2D eigenvalue weighted by Gasteiger charge is -2.09. The standard InChI is InChI=1S/C15H21N3O2/c1-2-20-14-10-12(6-7-13(14)19)11-18-15-16-8-4-3-5-9-17-15/h6-7,10-11,19H,2-5,8-9H2,1H3,(H,16,17)/b18-11+. The first-order valence-corrected chi connectivity index (χ1v) is 7.08. The van der Waals surface area contributed by atoms with E-state index in [0.29, 0.717) is 18.3 Å². The molecule has 20 heavy (non-hydrogen) atoms. The number of nitrogens with zero attached hydrogens (tertiary/aromatic N) is 2. The Morgan fingerprint density at radius 3 is 3.15 bits per heavy atom. The molecule has 0 aliphatic carbocycles. The average molecular weight is 275 g/mol. The lowest BCUT2D eigenvalue weighted by molar-refractivity contribution is 0.318. The summed E-state index contributed by atoms with van der Waals surface area (Å²) in [6.07, 6.45) is 5.22. The van der Waals surface area contributed by atoms with Crippen LogP contribution in [-0.4, -0.2) is 37.0 Å². The lowest BCUT2D eigenvalue weighted by Crippen LogP contribution is -2.24. The van der Waals surface area contributed by atoms with E-state index in [2.05, 4.69) is 15.3 Å². The third-order valence-corrected chi connectivity index (χ3v) is 3.00. The Morgan fingerprint density at radius 1 is 1.40 bits per heavy atom. The SMILES string of the molecule is CCOc1cc(/C=N/C2=NCCCCCN2)ccc1O. The number of aliphatic imine (C=N–C) groups is 2. The summed E-state index contributed by atoms with van der Waals surface area (Å²) in [5.74, 6) is 1.30. The van der Waals surface area contributed by atoms with Crippen molar-refractivity contribution < 1.29 is 9.84 Å². The minimum absolute atomic E-state index is 0.144. The van der Waals surface area contributed by atoms with Gasteiger partial charge in [-0.3, -0.25) is 4.99 Å². The van der Waals surface area contributed by atoms with Crippen molar-refractivity contribution >= 4 is 12.2 Å². The zero-order valence-electron chi connectivity index (χ0n) is 11.8. The molecule has 0 aromatic heterocycles. The van der Waals surface area contributed by atoms with Crippen molar-refractivity contribution in [2.75, 3.05) is 19.7 Å². The van der Waals surface area contributed by atoms with Gasteiger partial charge in [0.15, 0.2) is 11.5 Å². The average Bonchev–Trinajstić information content (AvgIpc) is 2.41. The molecule has 5 nitrogen and oxygen atoms in total. The maximum absolute atomic E-state index is 9.65. The Kier molecular flexibility index (Phi) is 5.41. The smallest absolute Gasteiger partial charge is 0.217 e. The summed E-state index contributed by atoms with van der Waals surface area (Å²) < 4.78 is 5.35. The lowest BCUT2D eigenvalue weighted by atomic mass is 10.2. The Bertz CT molecular complexity index is 498. The number of ether oxygens (including phenoxy) is 1. The zero-order chi connectivity index (χ0) is 14.2. The van der Waals surface area contributed by atoms with E-state index in [-0.39, 0.29) is 5.75 Å². The Labute approximate surface area is 119 Å². The normalized spacial score (nSPS) is 16.1. The van der Waals surface area contributed by atoms with Crippen molar-refractivity contribution in [3.63, 3.8) is 0 Å². The van der Waals surface area contributed by atoms with Gasteiger partial charge < -0.3 is 15.2 Å². The fourth-order valence-electron chi connectivity index (χ4n) is 1.96. The van der Waals surface area contributed by atoms with Gasteiger partial charge in [-0.2, -0.15) is 0 Å². The zero-order valence-corrected chi connectivity index (χ0v) is 11.8.